The summed E-state index contributed by atoms with van der Waals surface area (Å²) in [7, 11) is 0. The monoisotopic (exact) mass is 226 g/mol. The van der Waals surface area contributed by atoms with Gasteiger partial charge in [-0.1, -0.05) is 60.2 Å². The number of Topliss-reactive ketones (excluding diaryl/α,β-unsaturated/α-hetero) is 1. The highest BCUT2D eigenvalue weighted by Crippen LogP contribution is 2.10. The molecular formula is C16H18O. The molecule has 0 fully saturated rings. The van der Waals surface area contributed by atoms with Crippen LogP contribution in [0.3, 0.4) is 0 Å². The molecule has 1 rings (SSSR count). The van der Waals surface area contributed by atoms with E-state index in [9.17, 15) is 4.79 Å². The van der Waals surface area contributed by atoms with Gasteiger partial charge in [-0.25, -0.2) is 0 Å². The van der Waals surface area contributed by atoms with E-state index in [1.165, 1.54) is 0 Å². The number of carbonyl (C=O) groups is 1. The molecule has 1 nitrogen and oxygen atoms in total. The van der Waals surface area contributed by atoms with E-state index in [1.807, 2.05) is 75.4 Å². The maximum absolute atomic E-state index is 12.1. The van der Waals surface area contributed by atoms with E-state index in [4.69, 9.17) is 0 Å². The van der Waals surface area contributed by atoms with E-state index in [0.29, 0.717) is 0 Å². The van der Waals surface area contributed by atoms with Gasteiger partial charge in [0.05, 0.1) is 0 Å². The minimum Gasteiger partial charge on any atom is -0.289 e. The summed E-state index contributed by atoms with van der Waals surface area (Å²) in [4.78, 5) is 12.1. The predicted molar refractivity (Wildman–Crippen MR) is 73.1 cm³/mol. The molecule has 1 aromatic rings. The molecular weight excluding hydrogens is 208 g/mol. The fourth-order valence-corrected chi connectivity index (χ4v) is 1.38. The van der Waals surface area contributed by atoms with E-state index < -0.39 is 0 Å². The Hall–Kier alpha value is -1.89. The summed E-state index contributed by atoms with van der Waals surface area (Å²) in [5, 5.41) is 0. The van der Waals surface area contributed by atoms with Gasteiger partial charge in [-0.2, -0.15) is 0 Å². The summed E-state index contributed by atoms with van der Waals surface area (Å²) in [5.41, 5.74) is 2.59. The molecule has 0 spiro atoms. The molecule has 0 aromatic heterocycles. The normalized spacial score (nSPS) is 13.1. The molecule has 17 heavy (non-hydrogen) atoms. The Morgan fingerprint density at radius 3 is 2.18 bits per heavy atom. The predicted octanol–water partition coefficient (Wildman–Crippen LogP) is 4.34. The van der Waals surface area contributed by atoms with Crippen LogP contribution < -0.4 is 0 Å². The van der Waals surface area contributed by atoms with Crippen LogP contribution in [0.25, 0.3) is 0 Å². The molecule has 88 valence electrons. The second-order valence-corrected chi connectivity index (χ2v) is 3.81. The van der Waals surface area contributed by atoms with Crippen LogP contribution in [0.2, 0.25) is 0 Å². The lowest BCUT2D eigenvalue weighted by molar-refractivity contribution is 0.103. The number of ketones is 1. The van der Waals surface area contributed by atoms with Gasteiger partial charge in [-0.3, -0.25) is 4.79 Å². The number of hydrogen-bond donors (Lipinski definition) is 0. The largest absolute Gasteiger partial charge is 0.289 e. The first-order chi connectivity index (χ1) is 8.19. The van der Waals surface area contributed by atoms with E-state index in [-0.39, 0.29) is 5.78 Å². The number of benzene rings is 1. The highest BCUT2D eigenvalue weighted by molar-refractivity contribution is 6.10. The molecule has 0 amide bonds. The third-order valence-corrected chi connectivity index (χ3v) is 2.59. The van der Waals surface area contributed by atoms with Crippen LogP contribution >= 0.6 is 0 Å². The SMILES string of the molecule is C\C=C(C)/C=C\C(=C/C)C(=O)c1ccccc1. The van der Waals surface area contributed by atoms with Gasteiger partial charge in [0.15, 0.2) is 5.78 Å². The van der Waals surface area contributed by atoms with Gasteiger partial charge in [-0.05, 0) is 20.8 Å². The molecule has 0 heterocycles. The minimum atomic E-state index is 0.0632. The Balaban J connectivity index is 2.91. The smallest absolute Gasteiger partial charge is 0.192 e. The Kier molecular flexibility index (Phi) is 5.15. The fourth-order valence-electron chi connectivity index (χ4n) is 1.38. The maximum atomic E-state index is 12.1. The van der Waals surface area contributed by atoms with Crippen LogP contribution in [0.15, 0.2) is 65.8 Å². The summed E-state index contributed by atoms with van der Waals surface area (Å²) in [6.07, 6.45) is 7.67. The minimum absolute atomic E-state index is 0.0632. The number of allylic oxidation sites excluding steroid dienone is 6. The molecule has 0 N–H and O–H groups in total. The average molecular weight is 226 g/mol. The lowest BCUT2D eigenvalue weighted by Crippen LogP contribution is -2.00. The quantitative estimate of drug-likeness (QED) is 0.424. The molecule has 0 aliphatic carbocycles. The lowest BCUT2D eigenvalue weighted by atomic mass is 10.0. The Labute approximate surface area is 103 Å². The lowest BCUT2D eigenvalue weighted by Gasteiger charge is -2.01. The Bertz CT molecular complexity index is 462. The molecule has 0 saturated carbocycles. The van der Waals surface area contributed by atoms with Gasteiger partial charge in [0.1, 0.15) is 0 Å². The third-order valence-electron chi connectivity index (χ3n) is 2.59. The molecule has 0 aliphatic rings. The number of carbonyl (C=O) groups excluding carboxylic acids is 1. The van der Waals surface area contributed by atoms with Crippen LogP contribution in [-0.4, -0.2) is 5.78 Å². The van der Waals surface area contributed by atoms with Gasteiger partial charge in [-0.15, -0.1) is 0 Å². The zero-order valence-electron chi connectivity index (χ0n) is 10.6. The first kappa shape index (κ1) is 13.2. The second kappa shape index (κ2) is 6.64. The molecule has 1 aromatic carbocycles. The standard InChI is InChI=1S/C16H18O/c1-4-13(3)11-12-14(5-2)16(17)15-9-7-6-8-10-15/h4-12H,1-3H3/b12-11-,13-4-,14-5+. The van der Waals surface area contributed by atoms with Crippen molar-refractivity contribution < 1.29 is 4.79 Å². The van der Waals surface area contributed by atoms with Gasteiger partial charge in [0.2, 0.25) is 0 Å². The van der Waals surface area contributed by atoms with Crippen LogP contribution in [0.4, 0.5) is 0 Å². The fraction of sp³-hybridized carbons (Fsp3) is 0.188. The molecule has 0 aliphatic heterocycles. The van der Waals surface area contributed by atoms with Crippen molar-refractivity contribution in [3.63, 3.8) is 0 Å². The zero-order valence-corrected chi connectivity index (χ0v) is 10.6. The average Bonchev–Trinajstić information content (AvgIpc) is 2.39. The summed E-state index contributed by atoms with van der Waals surface area (Å²) in [5.74, 6) is 0.0632. The first-order valence-electron chi connectivity index (χ1n) is 5.76. The van der Waals surface area contributed by atoms with Crippen molar-refractivity contribution in [2.45, 2.75) is 20.8 Å². The van der Waals surface area contributed by atoms with Crippen molar-refractivity contribution in [1.29, 1.82) is 0 Å². The van der Waals surface area contributed by atoms with Crippen molar-refractivity contribution in [3.8, 4) is 0 Å². The molecule has 0 unspecified atom stereocenters. The number of hydrogen-bond acceptors (Lipinski definition) is 1. The van der Waals surface area contributed by atoms with E-state index >= 15 is 0 Å². The summed E-state index contributed by atoms with van der Waals surface area (Å²) in [6.45, 7) is 5.87. The highest BCUT2D eigenvalue weighted by atomic mass is 16.1. The first-order valence-corrected chi connectivity index (χ1v) is 5.76. The van der Waals surface area contributed by atoms with E-state index in [2.05, 4.69) is 0 Å². The van der Waals surface area contributed by atoms with Gasteiger partial charge in [0.25, 0.3) is 0 Å². The summed E-state index contributed by atoms with van der Waals surface area (Å²) < 4.78 is 0. The van der Waals surface area contributed by atoms with Crippen molar-refractivity contribution >= 4 is 5.78 Å². The van der Waals surface area contributed by atoms with Crippen molar-refractivity contribution in [2.24, 2.45) is 0 Å². The Morgan fingerprint density at radius 1 is 1.00 bits per heavy atom. The van der Waals surface area contributed by atoms with E-state index in [1.54, 1.807) is 0 Å². The molecule has 0 radical (unpaired) electrons. The topological polar surface area (TPSA) is 17.1 Å². The molecule has 0 atom stereocenters. The zero-order chi connectivity index (χ0) is 12.7. The molecule has 1 heteroatoms. The summed E-state index contributed by atoms with van der Waals surface area (Å²) in [6, 6.07) is 9.33. The molecule has 0 saturated heterocycles. The van der Waals surface area contributed by atoms with Crippen molar-refractivity contribution in [3.05, 3.63) is 71.3 Å². The van der Waals surface area contributed by atoms with Crippen LogP contribution in [0, 0.1) is 0 Å². The van der Waals surface area contributed by atoms with Gasteiger partial charge in [0, 0.05) is 11.1 Å². The summed E-state index contributed by atoms with van der Waals surface area (Å²) >= 11 is 0. The van der Waals surface area contributed by atoms with E-state index in [0.717, 1.165) is 16.7 Å². The van der Waals surface area contributed by atoms with Crippen LogP contribution in [-0.2, 0) is 0 Å². The maximum Gasteiger partial charge on any atom is 0.192 e. The van der Waals surface area contributed by atoms with Crippen LogP contribution in [0.1, 0.15) is 31.1 Å². The Morgan fingerprint density at radius 2 is 1.65 bits per heavy atom. The number of rotatable bonds is 4. The highest BCUT2D eigenvalue weighted by Gasteiger charge is 2.07. The van der Waals surface area contributed by atoms with Gasteiger partial charge < -0.3 is 0 Å². The third kappa shape index (κ3) is 3.87. The van der Waals surface area contributed by atoms with Crippen molar-refractivity contribution in [1.82, 2.24) is 0 Å². The van der Waals surface area contributed by atoms with Gasteiger partial charge >= 0.3 is 0 Å². The van der Waals surface area contributed by atoms with Crippen molar-refractivity contribution in [2.75, 3.05) is 0 Å². The second-order valence-electron chi connectivity index (χ2n) is 3.81. The van der Waals surface area contributed by atoms with Crippen LogP contribution in [0.5, 0.6) is 0 Å². The molecule has 0 bridgehead atoms.